The van der Waals surface area contributed by atoms with Crippen molar-refractivity contribution in [1.82, 2.24) is 9.55 Å². The summed E-state index contributed by atoms with van der Waals surface area (Å²) < 4.78 is 11.9. The molecule has 0 bridgehead atoms. The average molecular weight is 304 g/mol. The first-order valence-corrected chi connectivity index (χ1v) is 7.15. The van der Waals surface area contributed by atoms with Crippen LogP contribution >= 0.6 is 0 Å². The smallest absolute Gasteiger partial charge is 0.351 e. The molecule has 2 atom stereocenters. The first-order chi connectivity index (χ1) is 10.7. The maximum Gasteiger partial charge on any atom is 0.351 e. The largest absolute Gasteiger partial charge is 0.466 e. The molecule has 2 aliphatic heterocycles. The van der Waals surface area contributed by atoms with Crippen LogP contribution in [0.4, 0.5) is 5.82 Å². The maximum absolute atomic E-state index is 12.1. The van der Waals surface area contributed by atoms with Gasteiger partial charge in [-0.2, -0.15) is 4.98 Å². The molecule has 1 unspecified atom stereocenters. The number of ether oxygens (including phenoxy) is 2. The standard InChI is InChI=1S/C14H16N4O4/c1-2-21-13(19)9-7-12(22-8-9)18-6-4-11(17-14(18)20)16-10-3-5-15-10/h4-6,9,12H,2-3,7-8H2,1H3/t9-,12?/m1/s1. The number of hydrogen-bond donors (Lipinski definition) is 0. The van der Waals surface area contributed by atoms with Crippen molar-refractivity contribution in [3.63, 3.8) is 0 Å². The van der Waals surface area contributed by atoms with Crippen LogP contribution in [0.1, 0.15) is 26.0 Å². The van der Waals surface area contributed by atoms with Gasteiger partial charge in [-0.05, 0) is 13.0 Å². The molecule has 3 rings (SSSR count). The minimum absolute atomic E-state index is 0.245. The lowest BCUT2D eigenvalue weighted by molar-refractivity contribution is -0.147. The van der Waals surface area contributed by atoms with Gasteiger partial charge in [0.25, 0.3) is 0 Å². The Hall–Kier alpha value is -2.35. The summed E-state index contributed by atoms with van der Waals surface area (Å²) in [5.74, 6) is 0.343. The minimum Gasteiger partial charge on any atom is -0.466 e. The van der Waals surface area contributed by atoms with Crippen molar-refractivity contribution in [3.05, 3.63) is 22.7 Å². The maximum atomic E-state index is 12.1. The highest BCUT2D eigenvalue weighted by Crippen LogP contribution is 2.27. The number of amidine groups is 1. The highest BCUT2D eigenvalue weighted by atomic mass is 16.5. The van der Waals surface area contributed by atoms with E-state index in [9.17, 15) is 9.59 Å². The zero-order chi connectivity index (χ0) is 15.5. The zero-order valence-electron chi connectivity index (χ0n) is 12.1. The van der Waals surface area contributed by atoms with Crippen molar-refractivity contribution in [2.24, 2.45) is 15.9 Å². The van der Waals surface area contributed by atoms with Gasteiger partial charge in [-0.25, -0.2) is 14.8 Å². The van der Waals surface area contributed by atoms with Crippen LogP contribution < -0.4 is 5.69 Å². The lowest BCUT2D eigenvalue weighted by atomic mass is 10.1. The summed E-state index contributed by atoms with van der Waals surface area (Å²) in [7, 11) is 0. The summed E-state index contributed by atoms with van der Waals surface area (Å²) in [5, 5.41) is 0. The number of rotatable bonds is 4. The van der Waals surface area contributed by atoms with Gasteiger partial charge in [0.15, 0.2) is 5.82 Å². The van der Waals surface area contributed by atoms with Gasteiger partial charge < -0.3 is 9.47 Å². The van der Waals surface area contributed by atoms with Crippen LogP contribution in [0.25, 0.3) is 0 Å². The fourth-order valence-electron chi connectivity index (χ4n) is 2.29. The van der Waals surface area contributed by atoms with E-state index in [4.69, 9.17) is 9.47 Å². The molecule has 0 saturated carbocycles. The summed E-state index contributed by atoms with van der Waals surface area (Å²) >= 11 is 0. The molecular weight excluding hydrogens is 288 g/mol. The van der Waals surface area contributed by atoms with Gasteiger partial charge in [0.2, 0.25) is 0 Å². The van der Waals surface area contributed by atoms with E-state index in [0.717, 1.165) is 0 Å². The summed E-state index contributed by atoms with van der Waals surface area (Å²) in [4.78, 5) is 35.7. The van der Waals surface area contributed by atoms with Crippen LogP contribution in [0.5, 0.6) is 0 Å². The van der Waals surface area contributed by atoms with Gasteiger partial charge in [0, 0.05) is 25.3 Å². The topological polar surface area (TPSA) is 95.1 Å². The molecule has 1 saturated heterocycles. The summed E-state index contributed by atoms with van der Waals surface area (Å²) in [6.45, 7) is 2.33. The monoisotopic (exact) mass is 304 g/mol. The van der Waals surface area contributed by atoms with Crippen LogP contribution in [-0.2, 0) is 14.3 Å². The van der Waals surface area contributed by atoms with Crippen LogP contribution in [0, 0.1) is 5.92 Å². The molecule has 22 heavy (non-hydrogen) atoms. The van der Waals surface area contributed by atoms with Gasteiger partial charge >= 0.3 is 11.7 Å². The summed E-state index contributed by atoms with van der Waals surface area (Å²) in [6, 6.07) is 1.63. The van der Waals surface area contributed by atoms with Crippen molar-refractivity contribution in [2.75, 3.05) is 13.2 Å². The Kier molecular flexibility index (Phi) is 4.10. The van der Waals surface area contributed by atoms with Crippen LogP contribution in [0.3, 0.4) is 0 Å². The Morgan fingerprint density at radius 1 is 1.59 bits per heavy atom. The van der Waals surface area contributed by atoms with Gasteiger partial charge in [-0.15, -0.1) is 0 Å². The molecule has 3 heterocycles. The molecule has 0 amide bonds. The molecule has 0 radical (unpaired) electrons. The van der Waals surface area contributed by atoms with E-state index in [-0.39, 0.29) is 18.5 Å². The van der Waals surface area contributed by atoms with E-state index in [1.165, 1.54) is 4.57 Å². The van der Waals surface area contributed by atoms with E-state index in [2.05, 4.69) is 15.0 Å². The SMILES string of the molecule is CCOC(=O)[C@H]1COC(n2ccc(N=C3CC=N3)nc2=O)C1. The number of aromatic nitrogens is 2. The molecule has 0 N–H and O–H groups in total. The molecule has 0 aliphatic carbocycles. The Morgan fingerprint density at radius 3 is 3.05 bits per heavy atom. The molecule has 1 fully saturated rings. The second-order valence-corrected chi connectivity index (χ2v) is 4.99. The molecule has 1 aromatic heterocycles. The lowest BCUT2D eigenvalue weighted by Crippen LogP contribution is -2.26. The molecule has 116 valence electrons. The van der Waals surface area contributed by atoms with Crippen molar-refractivity contribution in [2.45, 2.75) is 26.0 Å². The van der Waals surface area contributed by atoms with Gasteiger partial charge in [-0.1, -0.05) is 0 Å². The second kappa shape index (κ2) is 6.18. The van der Waals surface area contributed by atoms with Crippen molar-refractivity contribution in [3.8, 4) is 0 Å². The fourth-order valence-corrected chi connectivity index (χ4v) is 2.29. The Morgan fingerprint density at radius 2 is 2.41 bits per heavy atom. The first kappa shape index (κ1) is 14.6. The lowest BCUT2D eigenvalue weighted by Gasteiger charge is -2.12. The van der Waals surface area contributed by atoms with E-state index < -0.39 is 11.9 Å². The van der Waals surface area contributed by atoms with Crippen LogP contribution in [0.15, 0.2) is 27.0 Å². The Balaban J connectivity index is 1.72. The number of hydrogen-bond acceptors (Lipinski definition) is 6. The quantitative estimate of drug-likeness (QED) is 0.768. The second-order valence-electron chi connectivity index (χ2n) is 4.99. The number of aliphatic imine (C=N–C) groups is 2. The van der Waals surface area contributed by atoms with E-state index >= 15 is 0 Å². The molecule has 1 aromatic rings. The number of esters is 1. The summed E-state index contributed by atoms with van der Waals surface area (Å²) in [5.41, 5.74) is -0.459. The molecule has 2 aliphatic rings. The first-order valence-electron chi connectivity index (χ1n) is 7.15. The molecular formula is C14H16N4O4. The molecule has 8 nitrogen and oxygen atoms in total. The Bertz CT molecular complexity index is 694. The zero-order valence-corrected chi connectivity index (χ0v) is 12.1. The van der Waals surface area contributed by atoms with Gasteiger partial charge in [0.05, 0.1) is 19.1 Å². The highest BCUT2D eigenvalue weighted by Gasteiger charge is 2.33. The van der Waals surface area contributed by atoms with E-state index in [1.807, 2.05) is 0 Å². The number of carbonyl (C=O) groups is 1. The fraction of sp³-hybridized carbons (Fsp3) is 0.500. The highest BCUT2D eigenvalue weighted by molar-refractivity contribution is 6.08. The van der Waals surface area contributed by atoms with E-state index in [1.54, 1.807) is 25.4 Å². The molecule has 8 heteroatoms. The third-order valence-corrected chi connectivity index (χ3v) is 3.48. The predicted octanol–water partition coefficient (Wildman–Crippen LogP) is 0.846. The predicted molar refractivity (Wildman–Crippen MR) is 78.4 cm³/mol. The number of carbonyl (C=O) groups excluding carboxylic acids is 1. The normalized spacial score (nSPS) is 25.2. The van der Waals surface area contributed by atoms with Crippen molar-refractivity contribution < 1.29 is 14.3 Å². The minimum atomic E-state index is -0.502. The average Bonchev–Trinajstić information content (AvgIpc) is 2.93. The number of nitrogens with zero attached hydrogens (tertiary/aromatic N) is 4. The third kappa shape index (κ3) is 2.96. The third-order valence-electron chi connectivity index (χ3n) is 3.48. The summed E-state index contributed by atoms with van der Waals surface area (Å²) in [6.07, 6.45) is 3.91. The van der Waals surface area contributed by atoms with E-state index in [0.29, 0.717) is 31.1 Å². The van der Waals surface area contributed by atoms with Gasteiger partial charge in [-0.3, -0.25) is 9.36 Å². The van der Waals surface area contributed by atoms with Crippen molar-refractivity contribution in [1.29, 1.82) is 0 Å². The molecule has 0 aromatic carbocycles. The van der Waals surface area contributed by atoms with Crippen LogP contribution in [-0.4, -0.2) is 40.8 Å². The van der Waals surface area contributed by atoms with Gasteiger partial charge in [0.1, 0.15) is 12.1 Å². The Labute approximate surface area is 126 Å². The molecule has 0 spiro atoms. The van der Waals surface area contributed by atoms with Crippen molar-refractivity contribution >= 4 is 23.8 Å². The van der Waals surface area contributed by atoms with Crippen LogP contribution in [0.2, 0.25) is 0 Å².